The lowest BCUT2D eigenvalue weighted by Gasteiger charge is -2.44. The standard InChI is InChI=1S/C28H37N3O3S/c1-15(2)11-22-26(32)30-24(21-13-19-9-7-8-10-20(19)14-21)28(34)31(22)25(27(33)29-16(3)4)23-12-17(5)18(6)35-23/h7-10,12,15-16,21-22,24-25H,11,13-14H2,1-6H3,(H,29,33)(H,30,32). The summed E-state index contributed by atoms with van der Waals surface area (Å²) >= 11 is 1.53. The Bertz CT molecular complexity index is 1080. The molecule has 0 radical (unpaired) electrons. The maximum atomic E-state index is 14.2. The van der Waals surface area contributed by atoms with Crippen molar-refractivity contribution < 1.29 is 14.4 Å². The number of rotatable bonds is 7. The average molecular weight is 496 g/mol. The molecule has 2 N–H and O–H groups in total. The molecule has 35 heavy (non-hydrogen) atoms. The molecule has 2 heterocycles. The topological polar surface area (TPSA) is 78.5 Å². The first-order chi connectivity index (χ1) is 16.6. The third-order valence-corrected chi connectivity index (χ3v) is 8.32. The highest BCUT2D eigenvalue weighted by molar-refractivity contribution is 7.12. The van der Waals surface area contributed by atoms with Gasteiger partial charge in [-0.2, -0.15) is 0 Å². The van der Waals surface area contributed by atoms with Crippen LogP contribution in [-0.2, 0) is 27.2 Å². The number of nitrogens with one attached hydrogen (secondary N) is 2. The van der Waals surface area contributed by atoms with Gasteiger partial charge in [0, 0.05) is 15.8 Å². The first kappa shape index (κ1) is 25.4. The molecule has 0 spiro atoms. The number of thiophene rings is 1. The molecule has 1 aliphatic heterocycles. The van der Waals surface area contributed by atoms with E-state index in [1.54, 1.807) is 4.90 Å². The molecular formula is C28H37N3O3S. The maximum Gasteiger partial charge on any atom is 0.248 e. The van der Waals surface area contributed by atoms with Crippen molar-refractivity contribution in [2.24, 2.45) is 11.8 Å². The Balaban J connectivity index is 1.75. The minimum atomic E-state index is -0.830. The number of carbonyl (C=O) groups is 3. The van der Waals surface area contributed by atoms with Crippen LogP contribution in [0.3, 0.4) is 0 Å². The van der Waals surface area contributed by atoms with Crippen molar-refractivity contribution in [1.29, 1.82) is 0 Å². The van der Waals surface area contributed by atoms with Crippen LogP contribution in [0.1, 0.15) is 66.6 Å². The van der Waals surface area contributed by atoms with Gasteiger partial charge >= 0.3 is 0 Å². The molecule has 3 amide bonds. The molecule has 1 saturated heterocycles. The highest BCUT2D eigenvalue weighted by atomic mass is 32.1. The summed E-state index contributed by atoms with van der Waals surface area (Å²) in [5, 5.41) is 6.09. The highest BCUT2D eigenvalue weighted by Crippen LogP contribution is 2.37. The van der Waals surface area contributed by atoms with Crippen molar-refractivity contribution in [2.75, 3.05) is 0 Å². The maximum absolute atomic E-state index is 14.2. The van der Waals surface area contributed by atoms with Crippen LogP contribution < -0.4 is 10.6 Å². The van der Waals surface area contributed by atoms with Gasteiger partial charge in [-0.25, -0.2) is 0 Å². The van der Waals surface area contributed by atoms with Crippen molar-refractivity contribution in [1.82, 2.24) is 15.5 Å². The van der Waals surface area contributed by atoms with Crippen LogP contribution in [0.5, 0.6) is 0 Å². The van der Waals surface area contributed by atoms with Gasteiger partial charge in [0.25, 0.3) is 0 Å². The van der Waals surface area contributed by atoms with Crippen LogP contribution in [0.4, 0.5) is 0 Å². The summed E-state index contributed by atoms with van der Waals surface area (Å²) in [6, 6.07) is 7.98. The summed E-state index contributed by atoms with van der Waals surface area (Å²) in [5.74, 6) is -0.375. The van der Waals surface area contributed by atoms with Gasteiger partial charge in [0.2, 0.25) is 17.7 Å². The molecule has 3 unspecified atom stereocenters. The Morgan fingerprint density at radius 1 is 1.11 bits per heavy atom. The van der Waals surface area contributed by atoms with E-state index < -0.39 is 18.1 Å². The molecule has 1 aliphatic carbocycles. The van der Waals surface area contributed by atoms with Gasteiger partial charge in [-0.1, -0.05) is 38.1 Å². The van der Waals surface area contributed by atoms with Gasteiger partial charge in [-0.05, 0) is 81.5 Å². The minimum Gasteiger partial charge on any atom is -0.352 e. The SMILES string of the molecule is Cc1cc(C(C(=O)NC(C)C)N2C(=O)C(C3Cc4ccccc4C3)NC(=O)C2CC(C)C)sc1C. The van der Waals surface area contributed by atoms with E-state index in [1.807, 2.05) is 59.7 Å². The van der Waals surface area contributed by atoms with Gasteiger partial charge in [0.05, 0.1) is 0 Å². The van der Waals surface area contributed by atoms with Crippen LogP contribution in [0.15, 0.2) is 30.3 Å². The first-order valence-electron chi connectivity index (χ1n) is 12.6. The van der Waals surface area contributed by atoms with Gasteiger partial charge in [0.1, 0.15) is 18.1 Å². The zero-order chi connectivity index (χ0) is 25.4. The van der Waals surface area contributed by atoms with Crippen molar-refractivity contribution >= 4 is 29.1 Å². The number of aryl methyl sites for hydroxylation is 2. The van der Waals surface area contributed by atoms with Gasteiger partial charge in [-0.15, -0.1) is 11.3 Å². The number of hydrogen-bond donors (Lipinski definition) is 2. The quantitative estimate of drug-likeness (QED) is 0.607. The van der Waals surface area contributed by atoms with Crippen molar-refractivity contribution in [3.05, 3.63) is 56.8 Å². The molecule has 2 aliphatic rings. The van der Waals surface area contributed by atoms with Crippen LogP contribution >= 0.6 is 11.3 Å². The number of hydrogen-bond acceptors (Lipinski definition) is 4. The van der Waals surface area contributed by atoms with Crippen LogP contribution in [0.25, 0.3) is 0 Å². The predicted molar refractivity (Wildman–Crippen MR) is 139 cm³/mol. The molecule has 1 fully saturated rings. The number of fused-ring (bicyclic) bond motifs is 1. The number of nitrogens with zero attached hydrogens (tertiary/aromatic N) is 1. The molecular weight excluding hydrogens is 458 g/mol. The highest BCUT2D eigenvalue weighted by Gasteiger charge is 2.49. The number of benzene rings is 1. The fourth-order valence-electron chi connectivity index (χ4n) is 5.37. The fourth-order valence-corrected chi connectivity index (χ4v) is 6.51. The zero-order valence-electron chi connectivity index (χ0n) is 21.6. The third-order valence-electron chi connectivity index (χ3n) is 7.12. The smallest absolute Gasteiger partial charge is 0.248 e. The predicted octanol–water partition coefficient (Wildman–Crippen LogP) is 4.09. The summed E-state index contributed by atoms with van der Waals surface area (Å²) in [6.07, 6.45) is 2.00. The molecule has 0 bridgehead atoms. The van der Waals surface area contributed by atoms with Crippen molar-refractivity contribution in [3.8, 4) is 0 Å². The summed E-state index contributed by atoms with van der Waals surface area (Å²) in [7, 11) is 0. The minimum absolute atomic E-state index is 0.0213. The van der Waals surface area contributed by atoms with Gasteiger partial charge in [0.15, 0.2) is 0 Å². The Labute approximate surface area is 212 Å². The van der Waals surface area contributed by atoms with Crippen molar-refractivity contribution in [2.45, 2.75) is 85.0 Å². The van der Waals surface area contributed by atoms with E-state index in [2.05, 4.69) is 22.8 Å². The van der Waals surface area contributed by atoms with Crippen LogP contribution in [0, 0.1) is 25.7 Å². The van der Waals surface area contributed by atoms with E-state index in [4.69, 9.17) is 0 Å². The largest absolute Gasteiger partial charge is 0.352 e. The summed E-state index contributed by atoms with van der Waals surface area (Å²) in [4.78, 5) is 45.0. The lowest BCUT2D eigenvalue weighted by molar-refractivity contribution is -0.157. The molecule has 6 nitrogen and oxygen atoms in total. The fraction of sp³-hybridized carbons (Fsp3) is 0.536. The molecule has 0 saturated carbocycles. The van der Waals surface area contributed by atoms with Crippen molar-refractivity contribution in [3.63, 3.8) is 0 Å². The van der Waals surface area contributed by atoms with Crippen LogP contribution in [0.2, 0.25) is 0 Å². The second kappa shape index (κ2) is 10.1. The van der Waals surface area contributed by atoms with E-state index in [-0.39, 0.29) is 35.6 Å². The summed E-state index contributed by atoms with van der Waals surface area (Å²) in [6.45, 7) is 11.9. The average Bonchev–Trinajstić information content (AvgIpc) is 3.34. The third kappa shape index (κ3) is 5.15. The number of carbonyl (C=O) groups excluding carboxylic acids is 3. The van der Waals surface area contributed by atoms with E-state index in [1.165, 1.54) is 22.5 Å². The second-order valence-corrected chi connectivity index (χ2v) is 12.1. The lowest BCUT2D eigenvalue weighted by Crippen LogP contribution is -2.67. The number of piperazine rings is 1. The monoisotopic (exact) mass is 495 g/mol. The molecule has 1 aromatic carbocycles. The molecule has 4 rings (SSSR count). The van der Waals surface area contributed by atoms with E-state index in [0.717, 1.165) is 28.2 Å². The lowest BCUT2D eigenvalue weighted by atomic mass is 9.88. The summed E-state index contributed by atoms with van der Waals surface area (Å²) < 4.78 is 0. The molecule has 2 aromatic rings. The summed E-state index contributed by atoms with van der Waals surface area (Å²) in [5.41, 5.74) is 3.55. The van der Waals surface area contributed by atoms with E-state index in [0.29, 0.717) is 6.42 Å². The Kier molecular flexibility index (Phi) is 7.36. The normalized spacial score (nSPS) is 21.4. The van der Waals surface area contributed by atoms with Gasteiger partial charge in [-0.3, -0.25) is 14.4 Å². The molecule has 3 atom stereocenters. The van der Waals surface area contributed by atoms with E-state index >= 15 is 0 Å². The second-order valence-electron chi connectivity index (χ2n) is 10.8. The zero-order valence-corrected chi connectivity index (χ0v) is 22.4. The van der Waals surface area contributed by atoms with Crippen LogP contribution in [-0.4, -0.2) is 40.7 Å². The Hall–Kier alpha value is -2.67. The first-order valence-corrected chi connectivity index (χ1v) is 13.4. The van der Waals surface area contributed by atoms with E-state index in [9.17, 15) is 14.4 Å². The molecule has 188 valence electrons. The number of amides is 3. The molecule has 1 aromatic heterocycles. The molecule has 7 heteroatoms. The van der Waals surface area contributed by atoms with Gasteiger partial charge < -0.3 is 15.5 Å². The Morgan fingerprint density at radius 3 is 2.26 bits per heavy atom. The Morgan fingerprint density at radius 2 is 1.74 bits per heavy atom.